The van der Waals surface area contributed by atoms with E-state index in [0.29, 0.717) is 5.16 Å². The quantitative estimate of drug-likeness (QED) is 0.524. The van der Waals surface area contributed by atoms with Gasteiger partial charge in [-0.15, -0.1) is 0 Å². The smallest absolute Gasteiger partial charge is 0.156 e. The van der Waals surface area contributed by atoms with Crippen LogP contribution in [0.1, 0.15) is 27.2 Å². The fraction of sp³-hybridized carbons (Fsp3) is 0.600. The van der Waals surface area contributed by atoms with E-state index in [0.717, 1.165) is 12.0 Å². The summed E-state index contributed by atoms with van der Waals surface area (Å²) in [4.78, 5) is 1.51. The fourth-order valence-corrected chi connectivity index (χ4v) is 1.37. The van der Waals surface area contributed by atoms with Crippen molar-refractivity contribution in [1.82, 2.24) is 4.90 Å². The molecule has 0 spiro atoms. The van der Waals surface area contributed by atoms with Gasteiger partial charge in [-0.3, -0.25) is 0 Å². The molecule has 0 aliphatic rings. The maximum Gasteiger partial charge on any atom is 0.156 e. The molecule has 1 nitrogen and oxygen atoms in total. The van der Waals surface area contributed by atoms with Crippen LogP contribution >= 0.6 is 23.2 Å². The highest BCUT2D eigenvalue weighted by molar-refractivity contribution is 6.30. The summed E-state index contributed by atoms with van der Waals surface area (Å²) < 4.78 is 13.1. The minimum Gasteiger partial charge on any atom is -0.343 e. The van der Waals surface area contributed by atoms with Gasteiger partial charge in [0, 0.05) is 7.05 Å². The van der Waals surface area contributed by atoms with Crippen LogP contribution in [0.5, 0.6) is 0 Å². The van der Waals surface area contributed by atoms with Gasteiger partial charge in [-0.25, -0.2) is 4.39 Å². The molecule has 0 rings (SSSR count). The predicted molar refractivity (Wildman–Crippen MR) is 61.1 cm³/mol. The van der Waals surface area contributed by atoms with Gasteiger partial charge in [-0.05, 0) is 25.8 Å². The zero-order valence-electron chi connectivity index (χ0n) is 8.94. The largest absolute Gasteiger partial charge is 0.343 e. The van der Waals surface area contributed by atoms with E-state index in [4.69, 9.17) is 23.2 Å². The molecule has 14 heavy (non-hydrogen) atoms. The van der Waals surface area contributed by atoms with Crippen LogP contribution in [0.2, 0.25) is 0 Å². The van der Waals surface area contributed by atoms with Gasteiger partial charge in [0.05, 0.1) is 0 Å². The van der Waals surface area contributed by atoms with Gasteiger partial charge in [0.1, 0.15) is 11.0 Å². The third-order valence-electron chi connectivity index (χ3n) is 2.04. The maximum absolute atomic E-state index is 13.1. The molecule has 0 N–H and O–H groups in total. The molecular weight excluding hydrogens is 224 g/mol. The number of hydrogen-bond acceptors (Lipinski definition) is 1. The van der Waals surface area contributed by atoms with E-state index < -0.39 is 11.3 Å². The third-order valence-corrected chi connectivity index (χ3v) is 3.13. The van der Waals surface area contributed by atoms with E-state index in [1.54, 1.807) is 14.0 Å². The number of likely N-dealkylation sites (N-methyl/N-ethyl adjacent to an activating group) is 1. The Kier molecular flexibility index (Phi) is 6.21. The van der Waals surface area contributed by atoms with Gasteiger partial charge in [-0.2, -0.15) is 0 Å². The second kappa shape index (κ2) is 6.31. The molecule has 0 aliphatic carbocycles. The Bertz CT molecular complexity index is 249. The van der Waals surface area contributed by atoms with E-state index in [9.17, 15) is 4.39 Å². The molecule has 1 unspecified atom stereocenters. The molecule has 0 aromatic rings. The average Bonchev–Trinajstić information content (AvgIpc) is 2.23. The summed E-state index contributed by atoms with van der Waals surface area (Å²) in [7, 11) is 1.67. The van der Waals surface area contributed by atoms with Crippen LogP contribution in [0, 0.1) is 0 Å². The van der Waals surface area contributed by atoms with Gasteiger partial charge in [-0.1, -0.05) is 36.2 Å². The van der Waals surface area contributed by atoms with Crippen LogP contribution in [-0.2, 0) is 0 Å². The summed E-state index contributed by atoms with van der Waals surface area (Å²) in [5, 5.41) is 0.504. The summed E-state index contributed by atoms with van der Waals surface area (Å²) >= 11 is 11.8. The van der Waals surface area contributed by atoms with E-state index in [1.807, 2.05) is 13.8 Å². The number of alkyl halides is 1. The molecular formula is C10H16Cl2FN. The number of hydrogen-bond donors (Lipinski definition) is 0. The van der Waals surface area contributed by atoms with E-state index in [2.05, 4.69) is 0 Å². The van der Waals surface area contributed by atoms with Crippen molar-refractivity contribution in [3.63, 3.8) is 0 Å². The van der Waals surface area contributed by atoms with Gasteiger partial charge in [0.2, 0.25) is 0 Å². The molecule has 0 bridgehead atoms. The first kappa shape index (κ1) is 13.8. The molecule has 82 valence electrons. The second-order valence-electron chi connectivity index (χ2n) is 3.04. The lowest BCUT2D eigenvalue weighted by molar-refractivity contribution is 0.388. The second-order valence-corrected chi connectivity index (χ2v) is 3.82. The van der Waals surface area contributed by atoms with Crippen molar-refractivity contribution in [2.45, 2.75) is 32.7 Å². The lowest BCUT2D eigenvalue weighted by Crippen LogP contribution is -2.25. The maximum atomic E-state index is 13.1. The minimum absolute atomic E-state index is 0.392. The Morgan fingerprint density at radius 2 is 2.07 bits per heavy atom. The fourth-order valence-electron chi connectivity index (χ4n) is 0.869. The first-order chi connectivity index (χ1) is 6.45. The Labute approximate surface area is 95.2 Å². The van der Waals surface area contributed by atoms with Crippen LogP contribution in [0.4, 0.5) is 4.39 Å². The summed E-state index contributed by atoms with van der Waals surface area (Å²) in [6, 6.07) is 0. The molecule has 0 fully saturated rings. The zero-order valence-corrected chi connectivity index (χ0v) is 10.5. The third kappa shape index (κ3) is 3.50. The molecule has 0 aromatic heterocycles. The molecule has 0 aromatic carbocycles. The molecule has 0 saturated heterocycles. The number of halogens is 3. The first-order valence-electron chi connectivity index (χ1n) is 4.49. The van der Waals surface area contributed by atoms with Crippen molar-refractivity contribution in [1.29, 1.82) is 0 Å². The molecule has 4 heteroatoms. The normalized spacial score (nSPS) is 16.4. The topological polar surface area (TPSA) is 3.24 Å². The van der Waals surface area contributed by atoms with Crippen LogP contribution < -0.4 is 0 Å². The predicted octanol–water partition coefficient (Wildman–Crippen LogP) is 4.24. The first-order valence-corrected chi connectivity index (χ1v) is 5.30. The van der Waals surface area contributed by atoms with Crippen molar-refractivity contribution < 1.29 is 4.39 Å². The monoisotopic (exact) mass is 239 g/mol. The van der Waals surface area contributed by atoms with Gasteiger partial charge in [0.25, 0.3) is 0 Å². The molecule has 1 atom stereocenters. The van der Waals surface area contributed by atoms with Crippen LogP contribution in [-0.4, -0.2) is 17.4 Å². The van der Waals surface area contributed by atoms with Crippen molar-refractivity contribution in [2.24, 2.45) is 0 Å². The lowest BCUT2D eigenvalue weighted by atomic mass is 10.2. The molecule has 0 amide bonds. The van der Waals surface area contributed by atoms with Crippen molar-refractivity contribution >= 4 is 23.2 Å². The summed E-state index contributed by atoms with van der Waals surface area (Å²) in [5.74, 6) is -0.392. The molecule has 0 heterocycles. The number of rotatable bonds is 4. The Balaban J connectivity index is 4.71. The minimum atomic E-state index is -0.825. The van der Waals surface area contributed by atoms with Crippen LogP contribution in [0.15, 0.2) is 22.6 Å². The van der Waals surface area contributed by atoms with Crippen LogP contribution in [0.3, 0.4) is 0 Å². The Morgan fingerprint density at radius 3 is 2.43 bits per heavy atom. The van der Waals surface area contributed by atoms with Crippen LogP contribution in [0.25, 0.3) is 0 Å². The average molecular weight is 240 g/mol. The van der Waals surface area contributed by atoms with E-state index in [1.165, 1.54) is 11.0 Å². The lowest BCUT2D eigenvalue weighted by Gasteiger charge is -2.24. The number of nitrogens with zero attached hydrogens (tertiary/aromatic N) is 1. The van der Waals surface area contributed by atoms with Crippen molar-refractivity contribution in [2.75, 3.05) is 7.05 Å². The molecule has 0 saturated carbocycles. The Morgan fingerprint density at radius 1 is 1.57 bits per heavy atom. The highest BCUT2D eigenvalue weighted by atomic mass is 35.5. The van der Waals surface area contributed by atoms with Gasteiger partial charge >= 0.3 is 0 Å². The van der Waals surface area contributed by atoms with Crippen molar-refractivity contribution in [3.05, 3.63) is 22.6 Å². The summed E-state index contributed by atoms with van der Waals surface area (Å²) in [6.45, 7) is 5.49. The summed E-state index contributed by atoms with van der Waals surface area (Å²) in [6.07, 6.45) is 2.16. The highest BCUT2D eigenvalue weighted by Gasteiger charge is 2.18. The highest BCUT2D eigenvalue weighted by Crippen LogP contribution is 2.24. The van der Waals surface area contributed by atoms with Crippen molar-refractivity contribution in [3.8, 4) is 0 Å². The zero-order chi connectivity index (χ0) is 11.3. The summed E-state index contributed by atoms with van der Waals surface area (Å²) in [5.41, 5.74) is 0.165. The SMILES string of the molecule is CC=C(F)C(Cl)N(C)C(Cl)=C(C)CC. The standard InChI is InChI=1S/C10H16Cl2FN/c1-5-7(3)9(11)14(4)10(12)8(13)6-2/h6,10H,5H2,1-4H3. The van der Waals surface area contributed by atoms with Gasteiger partial charge < -0.3 is 4.90 Å². The Hall–Kier alpha value is -0.210. The van der Waals surface area contributed by atoms with Gasteiger partial charge in [0.15, 0.2) is 5.50 Å². The molecule has 0 radical (unpaired) electrons. The molecule has 0 aliphatic heterocycles. The van der Waals surface area contributed by atoms with E-state index >= 15 is 0 Å². The van der Waals surface area contributed by atoms with E-state index in [-0.39, 0.29) is 0 Å². The number of allylic oxidation sites excluding steroid dienone is 2.